The van der Waals surface area contributed by atoms with Gasteiger partial charge in [-0.15, -0.1) is 11.3 Å². The first-order valence-corrected chi connectivity index (χ1v) is 7.04. The Morgan fingerprint density at radius 1 is 1.40 bits per heavy atom. The lowest BCUT2D eigenvalue weighted by atomic mass is 10.3. The number of nitrogens with zero attached hydrogens (tertiary/aromatic N) is 3. The average Bonchev–Trinajstić information content (AvgIpc) is 2.71. The molecule has 2 aromatic heterocycles. The Morgan fingerprint density at radius 2 is 2.00 bits per heavy atom. The first kappa shape index (κ1) is 14.5. The van der Waals surface area contributed by atoms with Crippen LogP contribution in [0.25, 0.3) is 0 Å². The number of hydrogen-bond acceptors (Lipinski definition) is 9. The van der Waals surface area contributed by atoms with Crippen molar-refractivity contribution in [3.63, 3.8) is 0 Å². The van der Waals surface area contributed by atoms with E-state index >= 15 is 0 Å². The smallest absolute Gasteiger partial charge is 0.294 e. The minimum Gasteiger partial charge on any atom is -0.388 e. The predicted octanol–water partition coefficient (Wildman–Crippen LogP) is 1.82. The summed E-state index contributed by atoms with van der Waals surface area (Å²) < 4.78 is 0.371. The van der Waals surface area contributed by atoms with Crippen molar-refractivity contribution in [3.8, 4) is 0 Å². The highest BCUT2D eigenvalue weighted by Crippen LogP contribution is 2.42. The molecule has 0 aromatic carbocycles. The Hall–Kier alpha value is -1.91. The van der Waals surface area contributed by atoms with E-state index in [4.69, 9.17) is 11.5 Å². The molecule has 106 valence electrons. The maximum Gasteiger partial charge on any atom is 0.294 e. The third-order valence-corrected chi connectivity index (χ3v) is 4.59. The Balaban J connectivity index is 2.39. The second-order valence-electron chi connectivity index (χ2n) is 3.86. The first-order valence-electron chi connectivity index (χ1n) is 5.41. The van der Waals surface area contributed by atoms with Gasteiger partial charge in [-0.2, -0.15) is 0 Å². The van der Waals surface area contributed by atoms with Gasteiger partial charge in [-0.1, -0.05) is 0 Å². The predicted molar refractivity (Wildman–Crippen MR) is 76.6 cm³/mol. The molecular formula is C10H11N5O3S2. The number of thiophene rings is 1. The maximum absolute atomic E-state index is 11.0. The van der Waals surface area contributed by atoms with Crippen LogP contribution < -0.4 is 11.5 Å². The van der Waals surface area contributed by atoms with Crippen LogP contribution in [0.1, 0.15) is 17.9 Å². The van der Waals surface area contributed by atoms with Crippen LogP contribution in [0.4, 0.5) is 17.3 Å². The molecule has 0 radical (unpaired) electrons. The minimum atomic E-state index is -0.778. The molecule has 1 atom stereocenters. The van der Waals surface area contributed by atoms with Crippen LogP contribution in [0.5, 0.6) is 0 Å². The van der Waals surface area contributed by atoms with Crippen LogP contribution in [0.15, 0.2) is 21.5 Å². The van der Waals surface area contributed by atoms with E-state index in [1.807, 2.05) is 0 Å². The van der Waals surface area contributed by atoms with E-state index in [0.29, 0.717) is 9.09 Å². The molecule has 0 aliphatic heterocycles. The molecule has 2 aromatic rings. The zero-order valence-electron chi connectivity index (χ0n) is 10.3. The normalized spacial score (nSPS) is 12.3. The summed E-state index contributed by atoms with van der Waals surface area (Å²) in [6, 6.07) is 2.74. The van der Waals surface area contributed by atoms with E-state index in [0.717, 1.165) is 23.1 Å². The van der Waals surface area contributed by atoms with E-state index < -0.39 is 11.0 Å². The zero-order valence-corrected chi connectivity index (χ0v) is 11.9. The zero-order chi connectivity index (χ0) is 14.9. The van der Waals surface area contributed by atoms with Gasteiger partial charge in [0.15, 0.2) is 5.16 Å². The highest BCUT2D eigenvalue weighted by atomic mass is 32.2. The largest absolute Gasteiger partial charge is 0.388 e. The third-order valence-electron chi connectivity index (χ3n) is 2.24. The number of hydrogen-bond donors (Lipinski definition) is 3. The fraction of sp³-hybridized carbons (Fsp3) is 0.200. The van der Waals surface area contributed by atoms with Gasteiger partial charge < -0.3 is 16.6 Å². The molecule has 10 heteroatoms. The topological polar surface area (TPSA) is 141 Å². The monoisotopic (exact) mass is 313 g/mol. The van der Waals surface area contributed by atoms with Crippen LogP contribution in [0.3, 0.4) is 0 Å². The molecule has 0 aliphatic carbocycles. The SMILES string of the molecule is CC(O)c1cc([N+](=O)[O-])c(Sc2nc(N)cc(N)n2)s1. The summed E-state index contributed by atoms with van der Waals surface area (Å²) in [7, 11) is 0. The molecule has 5 N–H and O–H groups in total. The van der Waals surface area contributed by atoms with E-state index in [2.05, 4.69) is 9.97 Å². The molecule has 8 nitrogen and oxygen atoms in total. The van der Waals surface area contributed by atoms with E-state index in [-0.39, 0.29) is 22.5 Å². The molecule has 0 aliphatic rings. The van der Waals surface area contributed by atoms with Crippen LogP contribution >= 0.6 is 23.1 Å². The molecule has 0 spiro atoms. The van der Waals surface area contributed by atoms with E-state index in [1.54, 1.807) is 6.92 Å². The van der Waals surface area contributed by atoms with Crippen molar-refractivity contribution in [2.24, 2.45) is 0 Å². The molecule has 0 saturated carbocycles. The van der Waals surface area contributed by atoms with Gasteiger partial charge in [0.2, 0.25) is 0 Å². The number of nitrogen functional groups attached to an aromatic ring is 2. The summed E-state index contributed by atoms with van der Waals surface area (Å²) in [4.78, 5) is 18.9. The third kappa shape index (κ3) is 3.15. The lowest BCUT2D eigenvalue weighted by Gasteiger charge is -2.00. The molecule has 1 unspecified atom stereocenters. The van der Waals surface area contributed by atoms with Gasteiger partial charge in [-0.05, 0) is 18.7 Å². The number of aliphatic hydroxyl groups excluding tert-OH is 1. The number of rotatable bonds is 4. The second-order valence-corrected chi connectivity index (χ2v) is 6.18. The van der Waals surface area contributed by atoms with Crippen LogP contribution in [-0.4, -0.2) is 20.0 Å². The second kappa shape index (κ2) is 5.61. The highest BCUT2D eigenvalue weighted by Gasteiger charge is 2.22. The Bertz CT molecular complexity index is 638. The number of nitrogens with two attached hydrogens (primary N) is 2. The van der Waals surface area contributed by atoms with Gasteiger partial charge in [0, 0.05) is 17.0 Å². The lowest BCUT2D eigenvalue weighted by Crippen LogP contribution is -1.99. The van der Waals surface area contributed by atoms with Gasteiger partial charge in [-0.3, -0.25) is 10.1 Å². The first-order chi connectivity index (χ1) is 9.36. The van der Waals surface area contributed by atoms with E-state index in [9.17, 15) is 15.2 Å². The average molecular weight is 313 g/mol. The van der Waals surface area contributed by atoms with Crippen molar-refractivity contribution < 1.29 is 10.0 Å². The number of aliphatic hydroxyl groups is 1. The molecule has 2 rings (SSSR count). The summed E-state index contributed by atoms with van der Waals surface area (Å²) >= 11 is 2.10. The fourth-order valence-corrected chi connectivity index (χ4v) is 3.56. The number of aromatic nitrogens is 2. The Morgan fingerprint density at radius 3 is 2.50 bits per heavy atom. The Kier molecular flexibility index (Phi) is 4.06. The molecule has 0 saturated heterocycles. The van der Waals surface area contributed by atoms with Crippen molar-refractivity contribution in [1.29, 1.82) is 0 Å². The number of nitro groups is 1. The molecule has 0 bridgehead atoms. The molecule has 0 amide bonds. The summed E-state index contributed by atoms with van der Waals surface area (Å²) in [5.74, 6) is 0.380. The highest BCUT2D eigenvalue weighted by molar-refractivity contribution is 8.01. The van der Waals surface area contributed by atoms with Gasteiger partial charge in [0.25, 0.3) is 5.69 Å². The van der Waals surface area contributed by atoms with Crippen molar-refractivity contribution in [1.82, 2.24) is 9.97 Å². The number of anilines is 2. The molecule has 20 heavy (non-hydrogen) atoms. The summed E-state index contributed by atoms with van der Waals surface area (Å²) in [5.41, 5.74) is 11.0. The van der Waals surface area contributed by atoms with Gasteiger partial charge in [0.05, 0.1) is 11.0 Å². The van der Waals surface area contributed by atoms with Crippen LogP contribution in [0.2, 0.25) is 0 Å². The molecular weight excluding hydrogens is 302 g/mol. The quantitative estimate of drug-likeness (QED) is 0.441. The van der Waals surface area contributed by atoms with Crippen molar-refractivity contribution in [2.45, 2.75) is 22.4 Å². The Labute approximate surface area is 122 Å². The molecule has 2 heterocycles. The van der Waals surface area contributed by atoms with Crippen molar-refractivity contribution in [3.05, 3.63) is 27.1 Å². The van der Waals surface area contributed by atoms with Crippen molar-refractivity contribution >= 4 is 40.4 Å². The lowest BCUT2D eigenvalue weighted by molar-refractivity contribution is -0.387. The summed E-state index contributed by atoms with van der Waals surface area (Å²) in [5, 5.41) is 20.7. The fourth-order valence-electron chi connectivity index (χ4n) is 1.38. The van der Waals surface area contributed by atoms with Crippen molar-refractivity contribution in [2.75, 3.05) is 11.5 Å². The minimum absolute atomic E-state index is 0.0968. The summed E-state index contributed by atoms with van der Waals surface area (Å²) in [6.07, 6.45) is -0.778. The van der Waals surface area contributed by atoms with E-state index in [1.165, 1.54) is 12.1 Å². The van der Waals surface area contributed by atoms with Gasteiger partial charge in [0.1, 0.15) is 15.8 Å². The van der Waals surface area contributed by atoms with Crippen LogP contribution in [-0.2, 0) is 0 Å². The molecule has 0 fully saturated rings. The van der Waals surface area contributed by atoms with Gasteiger partial charge >= 0.3 is 0 Å². The standard InChI is InChI=1S/C10H11N5O3S2/c1-4(16)6-2-5(15(17)18)9(19-6)20-10-13-7(11)3-8(12)14-10/h2-4,16H,1H3,(H4,11,12,13,14). The maximum atomic E-state index is 11.0. The summed E-state index contributed by atoms with van der Waals surface area (Å²) in [6.45, 7) is 1.54. The van der Waals surface area contributed by atoms with Crippen LogP contribution in [0, 0.1) is 10.1 Å². The van der Waals surface area contributed by atoms with Gasteiger partial charge in [-0.25, -0.2) is 9.97 Å².